The lowest BCUT2D eigenvalue weighted by Crippen LogP contribution is -2.46. The third kappa shape index (κ3) is 4.81. The van der Waals surface area contributed by atoms with Gasteiger partial charge in [-0.2, -0.15) is 5.10 Å². The predicted octanol–water partition coefficient (Wildman–Crippen LogP) is 7.92. The molecule has 5 aromatic rings. The van der Waals surface area contributed by atoms with Gasteiger partial charge in [-0.15, -0.1) is 0 Å². The van der Waals surface area contributed by atoms with Crippen molar-refractivity contribution in [3.63, 3.8) is 0 Å². The Kier molecular flexibility index (Phi) is 6.87. The second-order valence-electron chi connectivity index (χ2n) is 10.2. The highest BCUT2D eigenvalue weighted by Gasteiger charge is 2.41. The summed E-state index contributed by atoms with van der Waals surface area (Å²) in [5.41, 5.74) is 6.98. The Labute approximate surface area is 257 Å². The van der Waals surface area contributed by atoms with Crippen LogP contribution in [0.5, 0.6) is 0 Å². The maximum absolute atomic E-state index is 12.2. The highest BCUT2D eigenvalue weighted by molar-refractivity contribution is 9.10. The zero-order valence-corrected chi connectivity index (χ0v) is 25.1. The lowest BCUT2D eigenvalue weighted by atomic mass is 9.93. The number of aryl methyl sites for hydroxylation is 1. The molecule has 43 heavy (non-hydrogen) atoms. The lowest BCUT2D eigenvalue weighted by Gasteiger charge is -2.40. The van der Waals surface area contributed by atoms with Crippen molar-refractivity contribution in [3.05, 3.63) is 130 Å². The molecule has 1 N–H and O–H groups in total. The van der Waals surface area contributed by atoms with E-state index < -0.39 is 0 Å². The number of hydrogen-bond donors (Lipinski definition) is 1. The fraction of sp³-hybridized carbons (Fsp3) is 0.118. The number of nitrogens with one attached hydrogen (secondary N) is 1. The molecular formula is C34H27BrN6O2. The predicted molar refractivity (Wildman–Crippen MR) is 173 cm³/mol. The first kappa shape index (κ1) is 26.9. The van der Waals surface area contributed by atoms with E-state index in [9.17, 15) is 4.79 Å². The SMILES string of the molecule is CCOC(=O)c1ccc(NC2=Nc3ccccc3N3C2=Nc2c(c(C)nn2-c2ccccc2)[C@H]3c2cccc(Br)c2)cc1. The summed E-state index contributed by atoms with van der Waals surface area (Å²) in [6, 6.07) is 33.4. The number of carbonyl (C=O) groups excluding carboxylic acids is 1. The summed E-state index contributed by atoms with van der Waals surface area (Å²) in [7, 11) is 0. The van der Waals surface area contributed by atoms with Crippen molar-refractivity contribution in [1.29, 1.82) is 0 Å². The number of rotatable bonds is 5. The molecule has 7 rings (SSSR count). The molecule has 0 spiro atoms. The van der Waals surface area contributed by atoms with Crippen LogP contribution in [0.2, 0.25) is 0 Å². The number of carbonyl (C=O) groups is 1. The van der Waals surface area contributed by atoms with E-state index >= 15 is 0 Å². The maximum atomic E-state index is 12.2. The van der Waals surface area contributed by atoms with E-state index in [0.29, 0.717) is 23.8 Å². The Balaban J connectivity index is 1.42. The molecule has 1 aromatic heterocycles. The van der Waals surface area contributed by atoms with Crippen molar-refractivity contribution in [2.24, 2.45) is 9.98 Å². The molecule has 0 unspecified atom stereocenters. The molecule has 4 aromatic carbocycles. The van der Waals surface area contributed by atoms with E-state index in [1.807, 2.05) is 78.3 Å². The summed E-state index contributed by atoms with van der Waals surface area (Å²) in [6.07, 6.45) is 0. The summed E-state index contributed by atoms with van der Waals surface area (Å²) < 4.78 is 8.05. The first-order valence-corrected chi connectivity index (χ1v) is 14.8. The van der Waals surface area contributed by atoms with Crippen molar-refractivity contribution in [1.82, 2.24) is 9.78 Å². The topological polar surface area (TPSA) is 84.1 Å². The molecule has 0 radical (unpaired) electrons. The standard InChI is InChI=1S/C34H27BrN6O2/c1-3-43-34(42)22-16-18-25(19-17-22)36-31-33-38-32-29(21(2)39-41(32)26-12-5-4-6-13-26)30(23-10-9-11-24(35)20-23)40(33)28-15-8-7-14-27(28)37-31/h4-20,30H,3H2,1-2H3,(H,36,37)/t30-/m1/s1. The Bertz CT molecular complexity index is 1910. The van der Waals surface area contributed by atoms with E-state index in [0.717, 1.165) is 49.9 Å². The molecule has 0 bridgehead atoms. The minimum atomic E-state index is -0.352. The van der Waals surface area contributed by atoms with Gasteiger partial charge in [0.15, 0.2) is 17.5 Å². The Morgan fingerprint density at radius 1 is 0.930 bits per heavy atom. The normalized spacial score (nSPS) is 15.0. The van der Waals surface area contributed by atoms with Crippen LogP contribution in [0.15, 0.2) is 118 Å². The summed E-state index contributed by atoms with van der Waals surface area (Å²) in [5, 5.41) is 8.48. The fourth-order valence-electron chi connectivity index (χ4n) is 5.58. The number of hydrogen-bond acceptors (Lipinski definition) is 7. The van der Waals surface area contributed by atoms with Gasteiger partial charge < -0.3 is 15.0 Å². The van der Waals surface area contributed by atoms with Crippen LogP contribution in [0.4, 0.5) is 22.9 Å². The summed E-state index contributed by atoms with van der Waals surface area (Å²) in [4.78, 5) is 24.8. The molecule has 2 aliphatic rings. The van der Waals surface area contributed by atoms with Gasteiger partial charge in [-0.05, 0) is 80.1 Å². The molecule has 1 atom stereocenters. The van der Waals surface area contributed by atoms with Gasteiger partial charge in [0.25, 0.3) is 0 Å². The number of aliphatic imine (C=N–C) groups is 2. The van der Waals surface area contributed by atoms with Crippen LogP contribution in [-0.4, -0.2) is 34.0 Å². The number of benzene rings is 4. The Morgan fingerprint density at radius 2 is 1.70 bits per heavy atom. The zero-order valence-electron chi connectivity index (χ0n) is 23.5. The van der Waals surface area contributed by atoms with Gasteiger partial charge in [-0.3, -0.25) is 0 Å². The second kappa shape index (κ2) is 11.0. The minimum absolute atomic E-state index is 0.225. The van der Waals surface area contributed by atoms with Crippen LogP contribution in [0, 0.1) is 6.92 Å². The Hall–Kier alpha value is -5.02. The molecule has 8 nitrogen and oxygen atoms in total. The van der Waals surface area contributed by atoms with Crippen molar-refractivity contribution in [2.75, 3.05) is 16.8 Å². The Morgan fingerprint density at radius 3 is 2.47 bits per heavy atom. The molecule has 0 aliphatic carbocycles. The van der Waals surface area contributed by atoms with Gasteiger partial charge in [0.05, 0.1) is 41.0 Å². The quantitative estimate of drug-likeness (QED) is 0.199. The highest BCUT2D eigenvalue weighted by Crippen LogP contribution is 2.48. The molecule has 0 saturated carbocycles. The average Bonchev–Trinajstić information content (AvgIpc) is 3.36. The van der Waals surface area contributed by atoms with Gasteiger partial charge in [0.1, 0.15) is 0 Å². The van der Waals surface area contributed by atoms with E-state index in [2.05, 4.69) is 50.4 Å². The number of aromatic nitrogens is 2. The van der Waals surface area contributed by atoms with E-state index in [4.69, 9.17) is 19.8 Å². The lowest BCUT2D eigenvalue weighted by molar-refractivity contribution is 0.0526. The fourth-order valence-corrected chi connectivity index (χ4v) is 6.00. The van der Waals surface area contributed by atoms with Crippen molar-refractivity contribution < 1.29 is 9.53 Å². The van der Waals surface area contributed by atoms with Crippen LogP contribution in [-0.2, 0) is 4.74 Å². The number of ether oxygens (including phenoxy) is 1. The number of halogens is 1. The van der Waals surface area contributed by atoms with Gasteiger partial charge in [0.2, 0.25) is 0 Å². The summed E-state index contributed by atoms with van der Waals surface area (Å²) >= 11 is 3.69. The summed E-state index contributed by atoms with van der Waals surface area (Å²) in [6.45, 7) is 4.16. The maximum Gasteiger partial charge on any atom is 0.338 e. The number of nitrogens with zero attached hydrogens (tertiary/aromatic N) is 5. The number of para-hydroxylation sites is 3. The van der Waals surface area contributed by atoms with E-state index in [-0.39, 0.29) is 12.0 Å². The van der Waals surface area contributed by atoms with Crippen molar-refractivity contribution in [2.45, 2.75) is 19.9 Å². The molecule has 0 amide bonds. The van der Waals surface area contributed by atoms with Crippen molar-refractivity contribution in [3.8, 4) is 5.69 Å². The molecule has 0 fully saturated rings. The average molecular weight is 632 g/mol. The zero-order chi connectivity index (χ0) is 29.5. The van der Waals surface area contributed by atoms with Crippen LogP contribution in [0.3, 0.4) is 0 Å². The third-order valence-corrected chi connectivity index (χ3v) is 7.96. The monoisotopic (exact) mass is 630 g/mol. The highest BCUT2D eigenvalue weighted by atomic mass is 79.9. The molecule has 212 valence electrons. The molecular weight excluding hydrogens is 604 g/mol. The molecule has 2 aliphatic heterocycles. The van der Waals surface area contributed by atoms with Gasteiger partial charge in [-0.25, -0.2) is 19.5 Å². The number of anilines is 2. The smallest absolute Gasteiger partial charge is 0.338 e. The van der Waals surface area contributed by atoms with Crippen LogP contribution in [0.1, 0.15) is 40.1 Å². The first-order chi connectivity index (χ1) is 21.0. The molecule has 0 saturated heterocycles. The van der Waals surface area contributed by atoms with E-state index in [1.54, 1.807) is 19.1 Å². The van der Waals surface area contributed by atoms with Crippen LogP contribution < -0.4 is 10.2 Å². The molecule has 3 heterocycles. The largest absolute Gasteiger partial charge is 0.462 e. The molecule has 9 heteroatoms. The van der Waals surface area contributed by atoms with Gasteiger partial charge in [-0.1, -0.05) is 58.4 Å². The number of amidine groups is 2. The second-order valence-corrected chi connectivity index (χ2v) is 11.1. The van der Waals surface area contributed by atoms with Crippen molar-refractivity contribution >= 4 is 56.5 Å². The van der Waals surface area contributed by atoms with Gasteiger partial charge in [0, 0.05) is 15.7 Å². The minimum Gasteiger partial charge on any atom is -0.462 e. The van der Waals surface area contributed by atoms with Crippen LogP contribution in [0.25, 0.3) is 5.69 Å². The van der Waals surface area contributed by atoms with Crippen LogP contribution >= 0.6 is 15.9 Å². The van der Waals surface area contributed by atoms with E-state index in [1.165, 1.54) is 0 Å². The third-order valence-electron chi connectivity index (χ3n) is 7.46. The number of esters is 1. The first-order valence-electron chi connectivity index (χ1n) is 14.0. The van der Waals surface area contributed by atoms with Gasteiger partial charge >= 0.3 is 5.97 Å². The summed E-state index contributed by atoms with van der Waals surface area (Å²) in [5.74, 6) is 1.66. The number of fused-ring (bicyclic) bond motifs is 4.